The number of pyridine rings is 1. The van der Waals surface area contributed by atoms with Gasteiger partial charge in [0.15, 0.2) is 0 Å². The minimum absolute atomic E-state index is 0.283. The van der Waals surface area contributed by atoms with Gasteiger partial charge >= 0.3 is 0 Å². The minimum atomic E-state index is 0.283. The molecule has 0 radical (unpaired) electrons. The van der Waals surface area contributed by atoms with Gasteiger partial charge in [-0.05, 0) is 56.2 Å². The van der Waals surface area contributed by atoms with E-state index < -0.39 is 0 Å². The SMILES string of the molecule is CCc1ccc(CN2CCCC(CNC(=O)C3CCC3)C2)nc1. The van der Waals surface area contributed by atoms with Gasteiger partial charge in [0.1, 0.15) is 0 Å². The molecule has 1 aliphatic heterocycles. The molecule has 1 amide bonds. The second-order valence-electron chi connectivity index (χ2n) is 7.13. The zero-order valence-corrected chi connectivity index (χ0v) is 14.3. The molecule has 0 aromatic carbocycles. The van der Waals surface area contributed by atoms with E-state index in [4.69, 9.17) is 0 Å². The van der Waals surface area contributed by atoms with E-state index in [0.29, 0.717) is 11.8 Å². The molecule has 2 aliphatic rings. The summed E-state index contributed by atoms with van der Waals surface area (Å²) < 4.78 is 0. The van der Waals surface area contributed by atoms with Gasteiger partial charge in [0, 0.05) is 31.7 Å². The van der Waals surface area contributed by atoms with Crippen LogP contribution < -0.4 is 5.32 Å². The van der Waals surface area contributed by atoms with E-state index in [9.17, 15) is 4.79 Å². The first kappa shape index (κ1) is 16.4. The predicted octanol–water partition coefficient (Wildman–Crippen LogP) is 2.77. The van der Waals surface area contributed by atoms with Crippen LogP contribution in [0.25, 0.3) is 0 Å². The molecule has 4 nitrogen and oxygen atoms in total. The Labute approximate surface area is 139 Å². The number of carbonyl (C=O) groups excluding carboxylic acids is 1. The van der Waals surface area contributed by atoms with Gasteiger partial charge in [-0.2, -0.15) is 0 Å². The molecule has 1 aromatic heterocycles. The number of aryl methyl sites for hydroxylation is 1. The second kappa shape index (κ2) is 7.91. The molecule has 2 heterocycles. The minimum Gasteiger partial charge on any atom is -0.356 e. The molecule has 1 aliphatic carbocycles. The Hall–Kier alpha value is -1.42. The van der Waals surface area contributed by atoms with Crippen molar-refractivity contribution >= 4 is 5.91 Å². The zero-order chi connectivity index (χ0) is 16.1. The largest absolute Gasteiger partial charge is 0.356 e. The third-order valence-electron chi connectivity index (χ3n) is 5.32. The molecule has 1 aromatic rings. The molecule has 2 fully saturated rings. The summed E-state index contributed by atoms with van der Waals surface area (Å²) in [7, 11) is 0. The maximum atomic E-state index is 12.0. The summed E-state index contributed by atoms with van der Waals surface area (Å²) in [5, 5.41) is 3.17. The lowest BCUT2D eigenvalue weighted by Crippen LogP contribution is -2.42. The fourth-order valence-corrected chi connectivity index (χ4v) is 3.51. The quantitative estimate of drug-likeness (QED) is 0.878. The number of piperidine rings is 1. The van der Waals surface area contributed by atoms with Crippen LogP contribution in [0, 0.1) is 11.8 Å². The van der Waals surface area contributed by atoms with Crippen LogP contribution in [0.1, 0.15) is 50.3 Å². The molecular weight excluding hydrogens is 286 g/mol. The second-order valence-corrected chi connectivity index (χ2v) is 7.13. The maximum absolute atomic E-state index is 12.0. The summed E-state index contributed by atoms with van der Waals surface area (Å²) in [5.74, 6) is 1.17. The highest BCUT2D eigenvalue weighted by atomic mass is 16.1. The van der Waals surface area contributed by atoms with Crippen LogP contribution in [0.5, 0.6) is 0 Å². The number of amides is 1. The summed E-state index contributed by atoms with van der Waals surface area (Å²) in [5.41, 5.74) is 2.45. The van der Waals surface area contributed by atoms with Crippen LogP contribution in [0.2, 0.25) is 0 Å². The first-order valence-corrected chi connectivity index (χ1v) is 9.18. The highest BCUT2D eigenvalue weighted by molar-refractivity contribution is 5.79. The summed E-state index contributed by atoms with van der Waals surface area (Å²) in [4.78, 5) is 19.0. The van der Waals surface area contributed by atoms with E-state index >= 15 is 0 Å². The van der Waals surface area contributed by atoms with Gasteiger partial charge in [-0.25, -0.2) is 0 Å². The van der Waals surface area contributed by atoms with Crippen LogP contribution in [-0.4, -0.2) is 35.4 Å². The fourth-order valence-electron chi connectivity index (χ4n) is 3.51. The van der Waals surface area contributed by atoms with Crippen molar-refractivity contribution in [1.82, 2.24) is 15.2 Å². The molecule has 4 heteroatoms. The van der Waals surface area contributed by atoms with Gasteiger partial charge in [-0.15, -0.1) is 0 Å². The van der Waals surface area contributed by atoms with Crippen LogP contribution >= 0.6 is 0 Å². The molecule has 1 atom stereocenters. The summed E-state index contributed by atoms with van der Waals surface area (Å²) in [6, 6.07) is 4.34. The normalized spacial score (nSPS) is 22.6. The van der Waals surface area contributed by atoms with Crippen molar-refractivity contribution in [3.8, 4) is 0 Å². The topological polar surface area (TPSA) is 45.2 Å². The molecule has 0 spiro atoms. The van der Waals surface area contributed by atoms with Crippen molar-refractivity contribution in [2.45, 2.75) is 52.0 Å². The van der Waals surface area contributed by atoms with Gasteiger partial charge < -0.3 is 5.32 Å². The average Bonchev–Trinajstić information content (AvgIpc) is 2.52. The standard InChI is InChI=1S/C19H29N3O/c1-2-15-8-9-18(20-11-15)14-22-10-4-5-16(13-22)12-21-19(23)17-6-3-7-17/h8-9,11,16-17H,2-7,10,12-14H2,1H3,(H,21,23). The van der Waals surface area contributed by atoms with E-state index in [-0.39, 0.29) is 5.91 Å². The molecule has 3 rings (SSSR count). The number of likely N-dealkylation sites (tertiary alicyclic amines) is 1. The van der Waals surface area contributed by atoms with Gasteiger partial charge in [0.05, 0.1) is 5.69 Å². The Kier molecular flexibility index (Phi) is 5.65. The molecule has 126 valence electrons. The first-order valence-electron chi connectivity index (χ1n) is 9.18. The Morgan fingerprint density at radius 3 is 2.83 bits per heavy atom. The highest BCUT2D eigenvalue weighted by Gasteiger charge is 2.26. The number of hydrogen-bond donors (Lipinski definition) is 1. The molecule has 1 saturated heterocycles. The van der Waals surface area contributed by atoms with Gasteiger partial charge in [-0.1, -0.05) is 19.4 Å². The average molecular weight is 315 g/mol. The lowest BCUT2D eigenvalue weighted by molar-refractivity contribution is -0.127. The Morgan fingerprint density at radius 1 is 1.30 bits per heavy atom. The van der Waals surface area contributed by atoms with Gasteiger partial charge in [-0.3, -0.25) is 14.7 Å². The number of carbonyl (C=O) groups is 1. The van der Waals surface area contributed by atoms with Crippen molar-refractivity contribution in [1.29, 1.82) is 0 Å². The van der Waals surface area contributed by atoms with Gasteiger partial charge in [0.2, 0.25) is 5.91 Å². The molecule has 0 bridgehead atoms. The lowest BCUT2D eigenvalue weighted by Gasteiger charge is -2.33. The van der Waals surface area contributed by atoms with E-state index in [1.165, 1.54) is 24.8 Å². The monoisotopic (exact) mass is 315 g/mol. The smallest absolute Gasteiger partial charge is 0.223 e. The molecule has 1 unspecified atom stereocenters. The van der Waals surface area contributed by atoms with Crippen LogP contribution in [-0.2, 0) is 17.8 Å². The molecule has 1 N–H and O–H groups in total. The number of nitrogens with zero attached hydrogens (tertiary/aromatic N) is 2. The van der Waals surface area contributed by atoms with Crippen molar-refractivity contribution in [3.63, 3.8) is 0 Å². The van der Waals surface area contributed by atoms with E-state index in [1.54, 1.807) is 0 Å². The Bertz CT molecular complexity index is 510. The van der Waals surface area contributed by atoms with Crippen LogP contribution in [0.15, 0.2) is 18.3 Å². The third-order valence-corrected chi connectivity index (χ3v) is 5.32. The summed E-state index contributed by atoms with van der Waals surface area (Å²) in [6.45, 7) is 6.14. The zero-order valence-electron chi connectivity index (χ0n) is 14.3. The number of hydrogen-bond acceptors (Lipinski definition) is 3. The number of nitrogens with one attached hydrogen (secondary N) is 1. The van der Waals surface area contributed by atoms with Crippen LogP contribution in [0.3, 0.4) is 0 Å². The van der Waals surface area contributed by atoms with Crippen molar-refractivity contribution < 1.29 is 4.79 Å². The lowest BCUT2D eigenvalue weighted by atomic mass is 9.84. The Balaban J connectivity index is 1.44. The summed E-state index contributed by atoms with van der Waals surface area (Å²) in [6.07, 6.45) is 8.87. The van der Waals surface area contributed by atoms with Crippen LogP contribution in [0.4, 0.5) is 0 Å². The van der Waals surface area contributed by atoms with Gasteiger partial charge in [0.25, 0.3) is 0 Å². The van der Waals surface area contributed by atoms with Crippen molar-refractivity contribution in [2.75, 3.05) is 19.6 Å². The predicted molar refractivity (Wildman–Crippen MR) is 92.0 cm³/mol. The number of aromatic nitrogens is 1. The Morgan fingerprint density at radius 2 is 2.17 bits per heavy atom. The maximum Gasteiger partial charge on any atom is 0.223 e. The molecule has 1 saturated carbocycles. The highest BCUT2D eigenvalue weighted by Crippen LogP contribution is 2.26. The van der Waals surface area contributed by atoms with E-state index in [1.807, 2.05) is 6.20 Å². The fraction of sp³-hybridized carbons (Fsp3) is 0.684. The van der Waals surface area contributed by atoms with E-state index in [0.717, 1.165) is 51.1 Å². The van der Waals surface area contributed by atoms with Crippen molar-refractivity contribution in [3.05, 3.63) is 29.6 Å². The molecular formula is C19H29N3O. The van der Waals surface area contributed by atoms with Crippen molar-refractivity contribution in [2.24, 2.45) is 11.8 Å². The van der Waals surface area contributed by atoms with E-state index in [2.05, 4.69) is 34.3 Å². The molecule has 23 heavy (non-hydrogen) atoms. The number of rotatable bonds is 6. The first-order chi connectivity index (χ1) is 11.2. The summed E-state index contributed by atoms with van der Waals surface area (Å²) >= 11 is 0. The third kappa shape index (κ3) is 4.54.